The van der Waals surface area contributed by atoms with Gasteiger partial charge in [-0.1, -0.05) is 27.2 Å². The Morgan fingerprint density at radius 2 is 1.85 bits per heavy atom. The van der Waals surface area contributed by atoms with Gasteiger partial charge in [-0.2, -0.15) is 0 Å². The Labute approximate surface area is 156 Å². The highest BCUT2D eigenvalue weighted by Crippen LogP contribution is 2.34. The first-order chi connectivity index (χ1) is 12.3. The fraction of sp³-hybridized carbons (Fsp3) is 0.850. The van der Waals surface area contributed by atoms with E-state index in [1.54, 1.807) is 4.90 Å². The Balaban J connectivity index is 2.01. The number of carboxylic acid groups (broad SMARTS) is 1. The van der Waals surface area contributed by atoms with Gasteiger partial charge >= 0.3 is 5.97 Å². The molecule has 0 aromatic rings. The molecule has 2 rings (SSSR count). The van der Waals surface area contributed by atoms with Crippen molar-refractivity contribution in [2.24, 2.45) is 17.8 Å². The van der Waals surface area contributed by atoms with E-state index in [9.17, 15) is 19.5 Å². The number of aliphatic carboxylic acids is 1. The highest BCUT2D eigenvalue weighted by atomic mass is 16.4. The average molecular weight is 367 g/mol. The van der Waals surface area contributed by atoms with E-state index in [4.69, 9.17) is 0 Å². The van der Waals surface area contributed by atoms with Crippen LogP contribution in [0.15, 0.2) is 0 Å². The van der Waals surface area contributed by atoms with E-state index in [2.05, 4.69) is 12.2 Å². The van der Waals surface area contributed by atoms with Gasteiger partial charge in [0.25, 0.3) is 0 Å². The maximum atomic E-state index is 12.8. The summed E-state index contributed by atoms with van der Waals surface area (Å²) >= 11 is 0. The number of nitrogens with one attached hydrogen (secondary N) is 1. The largest absolute Gasteiger partial charge is 0.480 e. The summed E-state index contributed by atoms with van der Waals surface area (Å²) < 4.78 is 0. The van der Waals surface area contributed by atoms with Crippen LogP contribution in [0.25, 0.3) is 0 Å². The molecule has 2 N–H and O–H groups in total. The van der Waals surface area contributed by atoms with Crippen LogP contribution < -0.4 is 5.32 Å². The van der Waals surface area contributed by atoms with Gasteiger partial charge in [-0.25, -0.2) is 4.79 Å². The van der Waals surface area contributed by atoms with Gasteiger partial charge in [0.15, 0.2) is 0 Å². The number of likely N-dealkylation sites (tertiary alicyclic amines) is 1. The van der Waals surface area contributed by atoms with Gasteiger partial charge in [-0.3, -0.25) is 9.59 Å². The van der Waals surface area contributed by atoms with E-state index < -0.39 is 11.5 Å². The molecule has 26 heavy (non-hydrogen) atoms. The number of hydrogen-bond acceptors (Lipinski definition) is 3. The zero-order valence-corrected chi connectivity index (χ0v) is 16.4. The number of carboxylic acids is 1. The summed E-state index contributed by atoms with van der Waals surface area (Å²) in [6.07, 6.45) is 6.01. The summed E-state index contributed by atoms with van der Waals surface area (Å²) in [6, 6.07) is 0. The molecular weight excluding hydrogens is 332 g/mol. The monoisotopic (exact) mass is 366 g/mol. The zero-order chi connectivity index (χ0) is 19.3. The van der Waals surface area contributed by atoms with E-state index in [1.165, 1.54) is 0 Å². The molecule has 6 heteroatoms. The SMILES string of the molecule is CCC1CCC(NC(=O)C2CCCN(C(=O)C(C)CC)C2)(C(=O)O)CC1. The summed E-state index contributed by atoms with van der Waals surface area (Å²) in [5.41, 5.74) is -1.13. The molecular formula is C20H34N2O4. The lowest BCUT2D eigenvalue weighted by molar-refractivity contribution is -0.151. The van der Waals surface area contributed by atoms with Crippen LogP contribution in [-0.2, 0) is 14.4 Å². The molecule has 1 aliphatic carbocycles. The topological polar surface area (TPSA) is 86.7 Å². The van der Waals surface area contributed by atoms with Crippen molar-refractivity contribution in [3.63, 3.8) is 0 Å². The predicted octanol–water partition coefficient (Wildman–Crippen LogP) is 2.81. The molecule has 148 valence electrons. The second kappa shape index (κ2) is 8.87. The van der Waals surface area contributed by atoms with Crippen LogP contribution in [0, 0.1) is 17.8 Å². The fourth-order valence-corrected chi connectivity index (χ4v) is 4.19. The molecule has 2 atom stereocenters. The quantitative estimate of drug-likeness (QED) is 0.757. The van der Waals surface area contributed by atoms with Gasteiger partial charge in [0.05, 0.1) is 5.92 Å². The van der Waals surface area contributed by atoms with Crippen LogP contribution in [-0.4, -0.2) is 46.4 Å². The van der Waals surface area contributed by atoms with Crippen molar-refractivity contribution in [1.82, 2.24) is 10.2 Å². The minimum Gasteiger partial charge on any atom is -0.480 e. The molecule has 1 saturated carbocycles. The first-order valence-corrected chi connectivity index (χ1v) is 10.2. The van der Waals surface area contributed by atoms with Crippen LogP contribution in [0.5, 0.6) is 0 Å². The fourth-order valence-electron chi connectivity index (χ4n) is 4.19. The second-order valence-corrected chi connectivity index (χ2v) is 8.16. The number of carbonyl (C=O) groups excluding carboxylic acids is 2. The van der Waals surface area contributed by atoms with Gasteiger partial charge in [0.2, 0.25) is 11.8 Å². The molecule has 0 aromatic heterocycles. The molecule has 1 aliphatic heterocycles. The first-order valence-electron chi connectivity index (χ1n) is 10.2. The summed E-state index contributed by atoms with van der Waals surface area (Å²) in [6.45, 7) is 7.12. The number of carbonyl (C=O) groups is 3. The van der Waals surface area contributed by atoms with E-state index >= 15 is 0 Å². The third-order valence-corrected chi connectivity index (χ3v) is 6.45. The summed E-state index contributed by atoms with van der Waals surface area (Å²) in [4.78, 5) is 38.9. The molecule has 0 aromatic carbocycles. The van der Waals surface area contributed by atoms with Crippen LogP contribution in [0.4, 0.5) is 0 Å². The predicted molar refractivity (Wildman–Crippen MR) is 99.5 cm³/mol. The second-order valence-electron chi connectivity index (χ2n) is 8.16. The molecule has 1 saturated heterocycles. The van der Waals surface area contributed by atoms with Crippen molar-refractivity contribution in [3.8, 4) is 0 Å². The molecule has 2 fully saturated rings. The Hall–Kier alpha value is -1.59. The number of piperidine rings is 1. The van der Waals surface area contributed by atoms with Gasteiger partial charge in [-0.05, 0) is 50.9 Å². The Morgan fingerprint density at radius 3 is 2.38 bits per heavy atom. The van der Waals surface area contributed by atoms with Gasteiger partial charge in [0.1, 0.15) is 5.54 Å². The van der Waals surface area contributed by atoms with Crippen molar-refractivity contribution in [3.05, 3.63) is 0 Å². The normalized spacial score (nSPS) is 30.5. The maximum absolute atomic E-state index is 12.8. The maximum Gasteiger partial charge on any atom is 0.329 e. The lowest BCUT2D eigenvalue weighted by Gasteiger charge is -2.39. The summed E-state index contributed by atoms with van der Waals surface area (Å²) in [5.74, 6) is -0.824. The number of hydrogen-bond donors (Lipinski definition) is 2. The Kier molecular flexibility index (Phi) is 7.07. The molecule has 2 aliphatic rings. The van der Waals surface area contributed by atoms with Crippen molar-refractivity contribution in [1.29, 1.82) is 0 Å². The van der Waals surface area contributed by atoms with Crippen LogP contribution in [0.3, 0.4) is 0 Å². The minimum atomic E-state index is -1.13. The smallest absolute Gasteiger partial charge is 0.329 e. The van der Waals surface area contributed by atoms with E-state index in [1.807, 2.05) is 13.8 Å². The number of amides is 2. The molecule has 0 bridgehead atoms. The van der Waals surface area contributed by atoms with Crippen molar-refractivity contribution < 1.29 is 19.5 Å². The summed E-state index contributed by atoms with van der Waals surface area (Å²) in [5, 5.41) is 12.6. The van der Waals surface area contributed by atoms with Crippen molar-refractivity contribution >= 4 is 17.8 Å². The lowest BCUT2D eigenvalue weighted by Crippen LogP contribution is -2.59. The number of nitrogens with zero attached hydrogens (tertiary/aromatic N) is 1. The molecule has 2 amide bonds. The minimum absolute atomic E-state index is 0.0357. The third-order valence-electron chi connectivity index (χ3n) is 6.45. The van der Waals surface area contributed by atoms with E-state index in [-0.39, 0.29) is 23.7 Å². The van der Waals surface area contributed by atoms with Crippen LogP contribution >= 0.6 is 0 Å². The molecule has 6 nitrogen and oxygen atoms in total. The lowest BCUT2D eigenvalue weighted by atomic mass is 9.75. The van der Waals surface area contributed by atoms with Crippen LogP contribution in [0.2, 0.25) is 0 Å². The zero-order valence-electron chi connectivity index (χ0n) is 16.4. The highest BCUT2D eigenvalue weighted by Gasteiger charge is 2.44. The van der Waals surface area contributed by atoms with Crippen molar-refractivity contribution in [2.75, 3.05) is 13.1 Å². The van der Waals surface area contributed by atoms with Crippen LogP contribution in [0.1, 0.15) is 72.1 Å². The van der Waals surface area contributed by atoms with Gasteiger partial charge in [0, 0.05) is 19.0 Å². The third kappa shape index (κ3) is 4.57. The number of rotatable bonds is 6. The molecule has 1 heterocycles. The summed E-state index contributed by atoms with van der Waals surface area (Å²) in [7, 11) is 0. The van der Waals surface area contributed by atoms with E-state index in [0.29, 0.717) is 38.3 Å². The standard InChI is InChI=1S/C20H34N2O4/c1-4-14(3)18(24)22-12-6-7-16(13-22)17(23)21-20(19(25)26)10-8-15(5-2)9-11-20/h14-16H,4-13H2,1-3H3,(H,21,23)(H,25,26). The first kappa shape index (κ1) is 20.7. The highest BCUT2D eigenvalue weighted by molar-refractivity contribution is 5.89. The molecule has 2 unspecified atom stereocenters. The average Bonchev–Trinajstić information content (AvgIpc) is 2.67. The molecule has 0 radical (unpaired) electrons. The van der Waals surface area contributed by atoms with Gasteiger partial charge in [-0.15, -0.1) is 0 Å². The Bertz CT molecular complexity index is 526. The van der Waals surface area contributed by atoms with Gasteiger partial charge < -0.3 is 15.3 Å². The Morgan fingerprint density at radius 1 is 1.19 bits per heavy atom. The van der Waals surface area contributed by atoms with Crippen molar-refractivity contribution in [2.45, 2.75) is 77.7 Å². The van der Waals surface area contributed by atoms with E-state index in [0.717, 1.165) is 32.1 Å². The molecule has 0 spiro atoms.